The molecular formula is C33H51N7O6S3. The minimum Gasteiger partial charge on any atom is -0.444 e. The van der Waals surface area contributed by atoms with E-state index >= 15 is 0 Å². The number of ether oxygens (including phenoxy) is 2. The first-order valence-electron chi connectivity index (χ1n) is 17.1. The van der Waals surface area contributed by atoms with Crippen LogP contribution in [0.1, 0.15) is 95.1 Å². The van der Waals surface area contributed by atoms with Crippen LogP contribution in [0.3, 0.4) is 0 Å². The van der Waals surface area contributed by atoms with Crippen molar-refractivity contribution >= 4 is 63.4 Å². The van der Waals surface area contributed by atoms with Crippen LogP contribution in [0.4, 0.5) is 14.7 Å². The molecule has 0 saturated carbocycles. The van der Waals surface area contributed by atoms with Crippen LogP contribution in [0, 0.1) is 11.8 Å². The second kappa shape index (κ2) is 17.9. The number of piperidine rings is 2. The Labute approximate surface area is 301 Å². The summed E-state index contributed by atoms with van der Waals surface area (Å²) < 4.78 is 10.9. The molecule has 2 aromatic heterocycles. The summed E-state index contributed by atoms with van der Waals surface area (Å²) in [5, 5.41) is 22.9. The molecule has 2 aromatic rings. The van der Waals surface area contributed by atoms with Gasteiger partial charge in [0.05, 0.1) is 6.42 Å². The number of carbonyl (C=O) groups is 4. The number of rotatable bonds is 13. The molecule has 0 aliphatic carbocycles. The summed E-state index contributed by atoms with van der Waals surface area (Å²) in [5.41, 5.74) is -1.03. The van der Waals surface area contributed by atoms with E-state index < -0.39 is 11.2 Å². The molecule has 1 N–H and O–H groups in total. The smallest absolute Gasteiger partial charge is 0.410 e. The third-order valence-electron chi connectivity index (χ3n) is 8.01. The molecule has 16 heteroatoms. The van der Waals surface area contributed by atoms with Gasteiger partial charge in [0.25, 0.3) is 0 Å². The third kappa shape index (κ3) is 14.1. The Morgan fingerprint density at radius 3 is 1.71 bits per heavy atom. The highest BCUT2D eigenvalue weighted by molar-refractivity contribution is 7.99. The van der Waals surface area contributed by atoms with Crippen molar-refractivity contribution in [1.82, 2.24) is 30.2 Å². The van der Waals surface area contributed by atoms with Crippen LogP contribution in [0.5, 0.6) is 0 Å². The number of thioether (sulfide) groups is 1. The van der Waals surface area contributed by atoms with Gasteiger partial charge in [-0.2, -0.15) is 11.8 Å². The minimum atomic E-state index is -0.519. The van der Waals surface area contributed by atoms with Gasteiger partial charge in [-0.3, -0.25) is 9.59 Å². The fourth-order valence-electron chi connectivity index (χ4n) is 5.57. The van der Waals surface area contributed by atoms with E-state index in [0.717, 1.165) is 65.1 Å². The number of ketones is 1. The lowest BCUT2D eigenvalue weighted by Crippen LogP contribution is -2.42. The van der Waals surface area contributed by atoms with Gasteiger partial charge >= 0.3 is 12.2 Å². The topological polar surface area (TPSA) is 157 Å². The molecule has 272 valence electrons. The van der Waals surface area contributed by atoms with Gasteiger partial charge in [0.1, 0.15) is 32.0 Å². The maximum absolute atomic E-state index is 12.7. The Balaban J connectivity index is 1.05. The van der Waals surface area contributed by atoms with Crippen molar-refractivity contribution in [2.45, 2.75) is 111 Å². The summed E-state index contributed by atoms with van der Waals surface area (Å²) in [6.07, 6.45) is 5.30. The van der Waals surface area contributed by atoms with Crippen molar-refractivity contribution < 1.29 is 28.7 Å². The predicted octanol–water partition coefficient (Wildman–Crippen LogP) is 6.03. The van der Waals surface area contributed by atoms with E-state index in [4.69, 9.17) is 9.47 Å². The van der Waals surface area contributed by atoms with Gasteiger partial charge in [0.2, 0.25) is 11.0 Å². The van der Waals surface area contributed by atoms with Gasteiger partial charge < -0.3 is 24.6 Å². The summed E-state index contributed by atoms with van der Waals surface area (Å²) in [5.74, 6) is 2.34. The normalized spacial score (nSPS) is 16.4. The molecule has 0 aromatic carbocycles. The molecule has 4 heterocycles. The molecule has 3 amide bonds. The molecule has 2 saturated heterocycles. The van der Waals surface area contributed by atoms with Gasteiger partial charge in [-0.1, -0.05) is 11.3 Å². The molecule has 0 spiro atoms. The molecule has 2 aliphatic heterocycles. The number of anilines is 1. The third-order valence-corrected chi connectivity index (χ3v) is 10.9. The Morgan fingerprint density at radius 2 is 1.18 bits per heavy atom. The molecule has 0 unspecified atom stereocenters. The number of Topliss-reactive ketones (excluding diaryl/α,β-unsaturated/α-hetero) is 1. The van der Waals surface area contributed by atoms with Crippen LogP contribution >= 0.6 is 34.4 Å². The highest BCUT2D eigenvalue weighted by Crippen LogP contribution is 2.26. The lowest BCUT2D eigenvalue weighted by atomic mass is 9.91. The summed E-state index contributed by atoms with van der Waals surface area (Å²) in [6.45, 7) is 13.6. The highest BCUT2D eigenvalue weighted by Gasteiger charge is 2.29. The molecule has 49 heavy (non-hydrogen) atoms. The minimum absolute atomic E-state index is 0.0773. The number of aryl methyl sites for hydroxylation is 2. The van der Waals surface area contributed by atoms with Gasteiger partial charge in [0, 0.05) is 51.9 Å². The molecule has 2 aliphatic rings. The van der Waals surface area contributed by atoms with Gasteiger partial charge in [-0.05, 0) is 90.6 Å². The zero-order valence-corrected chi connectivity index (χ0v) is 32.1. The van der Waals surface area contributed by atoms with E-state index in [2.05, 4.69) is 25.7 Å². The average Bonchev–Trinajstić information content (AvgIpc) is 3.64. The summed E-state index contributed by atoms with van der Waals surface area (Å²) in [6, 6.07) is 0. The molecule has 13 nitrogen and oxygen atoms in total. The molecular weight excluding hydrogens is 687 g/mol. The molecule has 4 rings (SSSR count). The first-order chi connectivity index (χ1) is 23.1. The zero-order chi connectivity index (χ0) is 35.6. The van der Waals surface area contributed by atoms with Crippen LogP contribution in [0.15, 0.2) is 0 Å². The van der Waals surface area contributed by atoms with Crippen LogP contribution in [0.25, 0.3) is 0 Å². The molecule has 2 fully saturated rings. The number of carbonyl (C=O) groups excluding carboxylic acids is 4. The quantitative estimate of drug-likeness (QED) is 0.239. The van der Waals surface area contributed by atoms with Crippen molar-refractivity contribution in [1.29, 1.82) is 0 Å². The molecule has 0 radical (unpaired) electrons. The number of likely N-dealkylation sites (tertiary alicyclic amines) is 2. The van der Waals surface area contributed by atoms with Crippen molar-refractivity contribution in [3.8, 4) is 0 Å². The van der Waals surface area contributed by atoms with E-state index in [1.54, 1.807) is 21.6 Å². The standard InChI is InChI=1S/C33H51N7O6S3/c1-32(2,3)45-30(43)39-13-7-22(8-14-39)19-24(41)21-28-37-35-26(48-28)11-17-47-18-12-27-36-38-29(49-27)34-25(42)20-23-9-15-40(16-10-23)31(44)46-33(4,5)6/h22-23H,7-21H2,1-6H3,(H,34,38,42). The Bertz CT molecular complexity index is 1300. The summed E-state index contributed by atoms with van der Waals surface area (Å²) in [7, 11) is 0. The van der Waals surface area contributed by atoms with Crippen molar-refractivity contribution in [2.24, 2.45) is 11.8 Å². The monoisotopic (exact) mass is 737 g/mol. The first kappa shape index (κ1) is 38.9. The maximum atomic E-state index is 12.7. The Kier molecular flexibility index (Phi) is 14.2. The van der Waals surface area contributed by atoms with Crippen molar-refractivity contribution in [3.05, 3.63) is 15.0 Å². The van der Waals surface area contributed by atoms with E-state index in [1.807, 2.05) is 41.5 Å². The van der Waals surface area contributed by atoms with Crippen LogP contribution in [0.2, 0.25) is 0 Å². The predicted molar refractivity (Wildman–Crippen MR) is 192 cm³/mol. The number of aromatic nitrogens is 4. The van der Waals surface area contributed by atoms with E-state index in [9.17, 15) is 19.2 Å². The number of amides is 3. The fraction of sp³-hybridized carbons (Fsp3) is 0.758. The van der Waals surface area contributed by atoms with Crippen LogP contribution < -0.4 is 5.32 Å². The first-order valence-corrected chi connectivity index (χ1v) is 19.9. The summed E-state index contributed by atoms with van der Waals surface area (Å²) in [4.78, 5) is 53.3. The fourth-order valence-corrected chi connectivity index (χ4v) is 8.34. The SMILES string of the molecule is CC(C)(C)OC(=O)N1CCC(CC(=O)Cc2nnc(CCSCCc3nnc(NC(=O)CC4CCN(C(=O)OC(C)(C)C)CC4)s3)s2)CC1. The van der Waals surface area contributed by atoms with E-state index in [0.29, 0.717) is 50.6 Å². The van der Waals surface area contributed by atoms with Crippen LogP contribution in [-0.2, 0) is 38.3 Å². The Morgan fingerprint density at radius 1 is 0.714 bits per heavy atom. The van der Waals surface area contributed by atoms with Gasteiger partial charge in [-0.15, -0.1) is 31.7 Å². The largest absolute Gasteiger partial charge is 0.444 e. The van der Waals surface area contributed by atoms with Gasteiger partial charge in [0.15, 0.2) is 0 Å². The lowest BCUT2D eigenvalue weighted by Gasteiger charge is -2.33. The zero-order valence-electron chi connectivity index (χ0n) is 29.6. The van der Waals surface area contributed by atoms with E-state index in [-0.39, 0.29) is 35.7 Å². The number of hydrogen-bond donors (Lipinski definition) is 1. The number of hydrogen-bond acceptors (Lipinski definition) is 13. The average molecular weight is 738 g/mol. The number of nitrogens with zero attached hydrogens (tertiary/aromatic N) is 6. The second-order valence-electron chi connectivity index (χ2n) is 14.7. The second-order valence-corrected chi connectivity index (χ2v) is 18.1. The number of nitrogens with one attached hydrogen (secondary N) is 1. The Hall–Kier alpha value is -2.85. The van der Waals surface area contributed by atoms with Crippen LogP contribution in [-0.4, -0.2) is 103 Å². The summed E-state index contributed by atoms with van der Waals surface area (Å²) >= 11 is 4.70. The molecule has 0 bridgehead atoms. The van der Waals surface area contributed by atoms with Gasteiger partial charge in [-0.25, -0.2) is 9.59 Å². The maximum Gasteiger partial charge on any atom is 0.410 e. The highest BCUT2D eigenvalue weighted by atomic mass is 32.2. The van der Waals surface area contributed by atoms with E-state index in [1.165, 1.54) is 22.7 Å². The molecule has 0 atom stereocenters. The lowest BCUT2D eigenvalue weighted by molar-refractivity contribution is -0.119. The van der Waals surface area contributed by atoms with Crippen molar-refractivity contribution in [3.63, 3.8) is 0 Å². The van der Waals surface area contributed by atoms with Crippen molar-refractivity contribution in [2.75, 3.05) is 43.0 Å².